The van der Waals surface area contributed by atoms with Gasteiger partial charge in [-0.1, -0.05) is 0 Å². The van der Waals surface area contributed by atoms with E-state index in [9.17, 15) is 4.79 Å². The van der Waals surface area contributed by atoms with Crippen LogP contribution in [0.25, 0.3) is 0 Å². The van der Waals surface area contributed by atoms with E-state index in [0.29, 0.717) is 45.1 Å². The monoisotopic (exact) mass is 172 g/mol. The Kier molecular flexibility index (Phi) is 4.95. The molecule has 0 N–H and O–H groups in total. The van der Waals surface area contributed by atoms with Gasteiger partial charge in [0.05, 0.1) is 13.2 Å². The fraction of sp³-hybridized carbons (Fsp3) is 0.889. The zero-order chi connectivity index (χ0) is 8.65. The lowest BCUT2D eigenvalue weighted by Gasteiger charge is -2.02. The average Bonchev–Trinajstić information content (AvgIpc) is 2.11. The van der Waals surface area contributed by atoms with E-state index in [1.807, 2.05) is 0 Å². The Morgan fingerprint density at radius 3 is 1.83 bits per heavy atom. The highest BCUT2D eigenvalue weighted by Crippen LogP contribution is 2.01. The number of Topliss-reactive ketones (excluding diaryl/α,β-unsaturated/α-hetero) is 1. The van der Waals surface area contributed by atoms with Gasteiger partial charge in [0.25, 0.3) is 0 Å². The summed E-state index contributed by atoms with van der Waals surface area (Å²) in [6, 6.07) is 0. The molecule has 0 bridgehead atoms. The summed E-state index contributed by atoms with van der Waals surface area (Å²) in [5.41, 5.74) is 0. The first kappa shape index (κ1) is 9.68. The quantitative estimate of drug-likeness (QED) is 0.550. The van der Waals surface area contributed by atoms with Crippen LogP contribution in [0.4, 0.5) is 0 Å². The third-order valence-corrected chi connectivity index (χ3v) is 1.86. The number of carbonyl (C=O) groups is 1. The standard InChI is InChI=1S/C9H16O3/c10-9-3-1-5-11-7-8-12-6-2-4-9/h1-8H2. The second kappa shape index (κ2) is 6.14. The molecular weight excluding hydrogens is 156 g/mol. The molecule has 0 unspecified atom stereocenters. The predicted octanol–water partition coefficient (Wildman–Crippen LogP) is 1.16. The molecule has 0 amide bonds. The molecule has 0 saturated carbocycles. The fourth-order valence-corrected chi connectivity index (χ4v) is 1.19. The van der Waals surface area contributed by atoms with Crippen molar-refractivity contribution < 1.29 is 14.3 Å². The molecule has 0 aromatic rings. The van der Waals surface area contributed by atoms with Gasteiger partial charge in [-0.05, 0) is 12.8 Å². The van der Waals surface area contributed by atoms with Crippen molar-refractivity contribution in [3.63, 3.8) is 0 Å². The van der Waals surface area contributed by atoms with Crippen LogP contribution in [-0.4, -0.2) is 32.2 Å². The maximum atomic E-state index is 11.1. The van der Waals surface area contributed by atoms with Gasteiger partial charge in [-0.3, -0.25) is 4.79 Å². The van der Waals surface area contributed by atoms with Crippen LogP contribution >= 0.6 is 0 Å². The molecule has 1 heterocycles. The van der Waals surface area contributed by atoms with Crippen molar-refractivity contribution in [3.05, 3.63) is 0 Å². The maximum Gasteiger partial charge on any atom is 0.133 e. The minimum absolute atomic E-state index is 0.337. The van der Waals surface area contributed by atoms with Gasteiger partial charge in [0, 0.05) is 26.1 Å². The van der Waals surface area contributed by atoms with E-state index in [-0.39, 0.29) is 0 Å². The van der Waals surface area contributed by atoms with Crippen molar-refractivity contribution >= 4 is 5.78 Å². The minimum atomic E-state index is 0.337. The van der Waals surface area contributed by atoms with Crippen molar-refractivity contribution in [1.29, 1.82) is 0 Å². The lowest BCUT2D eigenvalue weighted by molar-refractivity contribution is -0.119. The van der Waals surface area contributed by atoms with Crippen LogP contribution in [0.5, 0.6) is 0 Å². The Morgan fingerprint density at radius 1 is 0.833 bits per heavy atom. The number of ether oxygens (including phenoxy) is 2. The molecule has 0 atom stereocenters. The molecule has 1 aliphatic rings. The molecule has 1 fully saturated rings. The summed E-state index contributed by atoms with van der Waals surface area (Å²) in [5.74, 6) is 0.337. The van der Waals surface area contributed by atoms with Gasteiger partial charge in [-0.15, -0.1) is 0 Å². The molecular formula is C9H16O3. The highest BCUT2D eigenvalue weighted by Gasteiger charge is 2.03. The number of hydrogen-bond acceptors (Lipinski definition) is 3. The largest absolute Gasteiger partial charge is 0.379 e. The van der Waals surface area contributed by atoms with Crippen LogP contribution in [0.3, 0.4) is 0 Å². The van der Waals surface area contributed by atoms with Crippen LogP contribution in [0, 0.1) is 0 Å². The summed E-state index contributed by atoms with van der Waals surface area (Å²) < 4.78 is 10.5. The Bertz CT molecular complexity index is 120. The fourth-order valence-electron chi connectivity index (χ4n) is 1.19. The molecule has 12 heavy (non-hydrogen) atoms. The van der Waals surface area contributed by atoms with Crippen LogP contribution in [0.1, 0.15) is 25.7 Å². The van der Waals surface area contributed by atoms with Crippen LogP contribution in [0.15, 0.2) is 0 Å². The lowest BCUT2D eigenvalue weighted by atomic mass is 10.1. The number of hydrogen-bond donors (Lipinski definition) is 0. The molecule has 0 radical (unpaired) electrons. The van der Waals surface area contributed by atoms with E-state index >= 15 is 0 Å². The first-order valence-corrected chi connectivity index (χ1v) is 4.57. The summed E-state index contributed by atoms with van der Waals surface area (Å²) in [7, 11) is 0. The van der Waals surface area contributed by atoms with Gasteiger partial charge in [-0.2, -0.15) is 0 Å². The molecule has 3 heteroatoms. The van der Waals surface area contributed by atoms with Crippen molar-refractivity contribution in [2.75, 3.05) is 26.4 Å². The molecule has 70 valence electrons. The second-order valence-electron chi connectivity index (χ2n) is 2.97. The third-order valence-electron chi connectivity index (χ3n) is 1.86. The molecule has 0 aliphatic carbocycles. The molecule has 1 saturated heterocycles. The third kappa shape index (κ3) is 4.46. The van der Waals surface area contributed by atoms with Gasteiger partial charge >= 0.3 is 0 Å². The molecule has 0 aromatic heterocycles. The highest BCUT2D eigenvalue weighted by molar-refractivity contribution is 5.78. The van der Waals surface area contributed by atoms with E-state index in [2.05, 4.69) is 0 Å². The number of carbonyl (C=O) groups excluding carboxylic acids is 1. The SMILES string of the molecule is O=C1CCCOCCOCCC1. The Balaban J connectivity index is 2.17. The number of rotatable bonds is 0. The molecule has 0 spiro atoms. The normalized spacial score (nSPS) is 23.2. The van der Waals surface area contributed by atoms with Crippen LogP contribution in [0.2, 0.25) is 0 Å². The average molecular weight is 172 g/mol. The number of ketones is 1. The lowest BCUT2D eigenvalue weighted by Crippen LogP contribution is -2.04. The van der Waals surface area contributed by atoms with Crippen molar-refractivity contribution in [3.8, 4) is 0 Å². The summed E-state index contributed by atoms with van der Waals surface area (Å²) in [6.45, 7) is 2.70. The van der Waals surface area contributed by atoms with Gasteiger partial charge < -0.3 is 9.47 Å². The van der Waals surface area contributed by atoms with Crippen LogP contribution < -0.4 is 0 Å². The first-order valence-electron chi connectivity index (χ1n) is 4.57. The minimum Gasteiger partial charge on any atom is -0.379 e. The van der Waals surface area contributed by atoms with Crippen molar-refractivity contribution in [1.82, 2.24) is 0 Å². The summed E-state index contributed by atoms with van der Waals surface area (Å²) in [5, 5.41) is 0. The zero-order valence-electron chi connectivity index (χ0n) is 7.38. The van der Waals surface area contributed by atoms with Gasteiger partial charge in [0.1, 0.15) is 5.78 Å². The summed E-state index contributed by atoms with van der Waals surface area (Å²) >= 11 is 0. The maximum absolute atomic E-state index is 11.1. The topological polar surface area (TPSA) is 35.5 Å². The summed E-state index contributed by atoms with van der Waals surface area (Å²) in [6.07, 6.45) is 3.05. The van der Waals surface area contributed by atoms with E-state index < -0.39 is 0 Å². The molecule has 1 aliphatic heterocycles. The van der Waals surface area contributed by atoms with Gasteiger partial charge in [0.15, 0.2) is 0 Å². The Labute approximate surface area is 73.0 Å². The van der Waals surface area contributed by atoms with E-state index in [0.717, 1.165) is 12.8 Å². The van der Waals surface area contributed by atoms with Crippen molar-refractivity contribution in [2.45, 2.75) is 25.7 Å². The Hall–Kier alpha value is -0.410. The smallest absolute Gasteiger partial charge is 0.133 e. The summed E-state index contributed by atoms with van der Waals surface area (Å²) in [4.78, 5) is 11.1. The molecule has 0 aromatic carbocycles. The van der Waals surface area contributed by atoms with Crippen molar-refractivity contribution in [2.24, 2.45) is 0 Å². The first-order chi connectivity index (χ1) is 5.89. The van der Waals surface area contributed by atoms with E-state index in [1.54, 1.807) is 0 Å². The highest BCUT2D eigenvalue weighted by atomic mass is 16.5. The molecule has 1 rings (SSSR count). The second-order valence-corrected chi connectivity index (χ2v) is 2.97. The Morgan fingerprint density at radius 2 is 1.33 bits per heavy atom. The predicted molar refractivity (Wildman–Crippen MR) is 45.1 cm³/mol. The van der Waals surface area contributed by atoms with Gasteiger partial charge in [-0.25, -0.2) is 0 Å². The van der Waals surface area contributed by atoms with E-state index in [4.69, 9.17) is 9.47 Å². The zero-order valence-corrected chi connectivity index (χ0v) is 7.38. The van der Waals surface area contributed by atoms with E-state index in [1.165, 1.54) is 0 Å². The van der Waals surface area contributed by atoms with Gasteiger partial charge in [0.2, 0.25) is 0 Å². The van der Waals surface area contributed by atoms with Crippen LogP contribution in [-0.2, 0) is 14.3 Å². The molecule has 3 nitrogen and oxygen atoms in total.